The Hall–Kier alpha value is -3.00. The zero-order chi connectivity index (χ0) is 26.0. The van der Waals surface area contributed by atoms with Crippen LogP contribution >= 0.6 is 34.8 Å². The number of carboxylic acids is 1. The first-order chi connectivity index (χ1) is 17.1. The number of urea groups is 1. The number of nitrogens with one attached hydrogen (secondary N) is 3. The molecule has 1 saturated carbocycles. The number of fused-ring (bicyclic) bond motifs is 1. The van der Waals surface area contributed by atoms with Gasteiger partial charge in [-0.1, -0.05) is 71.9 Å². The Bertz CT molecular complexity index is 1330. The molecule has 0 aliphatic heterocycles. The number of carbonyl (C=O) groups excluding carboxylic acids is 2. The summed E-state index contributed by atoms with van der Waals surface area (Å²) in [7, 11) is 0. The highest BCUT2D eigenvalue weighted by Gasteiger charge is 2.44. The second-order valence-electron chi connectivity index (χ2n) is 9.01. The van der Waals surface area contributed by atoms with Crippen LogP contribution in [0.1, 0.15) is 43.0 Å². The van der Waals surface area contributed by atoms with Crippen LogP contribution in [0.15, 0.2) is 48.5 Å². The maximum atomic E-state index is 13.5. The molecule has 7 nitrogen and oxygen atoms in total. The maximum Gasteiger partial charge on any atom is 0.329 e. The van der Waals surface area contributed by atoms with Gasteiger partial charge in [0.25, 0.3) is 5.91 Å². The lowest BCUT2D eigenvalue weighted by atomic mass is 9.84. The molecule has 0 bridgehead atoms. The molecule has 4 N–H and O–H groups in total. The van der Waals surface area contributed by atoms with Gasteiger partial charge in [-0.25, -0.2) is 9.59 Å². The fourth-order valence-electron chi connectivity index (χ4n) is 4.60. The number of anilines is 2. The standard InChI is InChI=1S/C26H24Cl3N3O4/c1-26(24(34)35,16-8-4-5-9-16)32-23(33)18-10-14-6-2-3-7-15(14)11-21(18)30-25(36)31-22-19(28)12-17(27)13-20(22)29/h2-3,6-7,10-13,16H,4-5,8-9H2,1H3,(H,32,33)(H,34,35)(H2,30,31,36)/t26-/m0/s1. The molecule has 3 amide bonds. The van der Waals surface area contributed by atoms with Gasteiger partial charge in [-0.05, 0) is 60.7 Å². The molecule has 0 saturated heterocycles. The van der Waals surface area contributed by atoms with E-state index in [0.29, 0.717) is 5.02 Å². The van der Waals surface area contributed by atoms with Crippen molar-refractivity contribution >= 4 is 74.9 Å². The van der Waals surface area contributed by atoms with E-state index in [2.05, 4.69) is 16.0 Å². The van der Waals surface area contributed by atoms with Gasteiger partial charge >= 0.3 is 12.0 Å². The Morgan fingerprint density at radius 2 is 1.50 bits per heavy atom. The molecule has 0 aromatic heterocycles. The third kappa shape index (κ3) is 5.38. The number of benzene rings is 3. The highest BCUT2D eigenvalue weighted by Crippen LogP contribution is 2.36. The molecule has 1 fully saturated rings. The van der Waals surface area contributed by atoms with Crippen LogP contribution in [0.25, 0.3) is 10.8 Å². The Balaban J connectivity index is 1.67. The topological polar surface area (TPSA) is 108 Å². The Morgan fingerprint density at radius 1 is 0.917 bits per heavy atom. The minimum atomic E-state index is -1.44. The van der Waals surface area contributed by atoms with Crippen molar-refractivity contribution in [1.29, 1.82) is 0 Å². The third-order valence-electron chi connectivity index (χ3n) is 6.61. The van der Waals surface area contributed by atoms with Crippen LogP contribution in [0.4, 0.5) is 16.2 Å². The Kier molecular flexibility index (Phi) is 7.64. The van der Waals surface area contributed by atoms with Crippen LogP contribution < -0.4 is 16.0 Å². The van der Waals surface area contributed by atoms with Crippen LogP contribution in [0.5, 0.6) is 0 Å². The predicted octanol–water partition coefficient (Wildman–Crippen LogP) is 7.21. The summed E-state index contributed by atoms with van der Waals surface area (Å²) in [5, 5.41) is 20.1. The lowest BCUT2D eigenvalue weighted by molar-refractivity contribution is -0.146. The van der Waals surface area contributed by atoms with E-state index < -0.39 is 23.4 Å². The van der Waals surface area contributed by atoms with Gasteiger partial charge in [-0.3, -0.25) is 4.79 Å². The molecule has 36 heavy (non-hydrogen) atoms. The molecule has 3 aromatic rings. The summed E-state index contributed by atoms with van der Waals surface area (Å²) in [5.41, 5.74) is -0.957. The van der Waals surface area contributed by atoms with Gasteiger partial charge in [0.15, 0.2) is 0 Å². The van der Waals surface area contributed by atoms with Crippen molar-refractivity contribution in [3.8, 4) is 0 Å². The lowest BCUT2D eigenvalue weighted by Crippen LogP contribution is -2.56. The quantitative estimate of drug-likeness (QED) is 0.261. The van der Waals surface area contributed by atoms with Crippen LogP contribution in [-0.2, 0) is 4.79 Å². The lowest BCUT2D eigenvalue weighted by Gasteiger charge is -2.32. The zero-order valence-electron chi connectivity index (χ0n) is 19.3. The number of hydrogen-bond acceptors (Lipinski definition) is 3. The van der Waals surface area contributed by atoms with E-state index in [1.54, 1.807) is 12.1 Å². The van der Waals surface area contributed by atoms with E-state index in [4.69, 9.17) is 34.8 Å². The SMILES string of the molecule is C[C@@](NC(=O)c1cc2ccccc2cc1NC(=O)Nc1c(Cl)cc(Cl)cc1Cl)(C(=O)O)C1CCCC1. The van der Waals surface area contributed by atoms with Crippen LogP contribution in [-0.4, -0.2) is 28.6 Å². The van der Waals surface area contributed by atoms with E-state index in [9.17, 15) is 19.5 Å². The minimum absolute atomic E-state index is 0.127. The number of carboxylic acid groups (broad SMARTS) is 1. The Labute approximate surface area is 223 Å². The summed E-state index contributed by atoms with van der Waals surface area (Å²) < 4.78 is 0. The Morgan fingerprint density at radius 3 is 2.08 bits per heavy atom. The molecule has 0 radical (unpaired) electrons. The predicted molar refractivity (Wildman–Crippen MR) is 144 cm³/mol. The fraction of sp³-hybridized carbons (Fsp3) is 0.269. The molecule has 1 aliphatic carbocycles. The largest absolute Gasteiger partial charge is 0.480 e. The molecule has 0 unspecified atom stereocenters. The van der Waals surface area contributed by atoms with Crippen molar-refractivity contribution in [2.24, 2.45) is 5.92 Å². The molecular weight excluding hydrogens is 525 g/mol. The van der Waals surface area contributed by atoms with Crippen LogP contribution in [0.2, 0.25) is 15.1 Å². The number of aliphatic carboxylic acids is 1. The van der Waals surface area contributed by atoms with Crippen molar-refractivity contribution in [1.82, 2.24) is 5.32 Å². The zero-order valence-corrected chi connectivity index (χ0v) is 21.6. The first-order valence-corrected chi connectivity index (χ1v) is 12.5. The van der Waals surface area contributed by atoms with Crippen molar-refractivity contribution in [2.75, 3.05) is 10.6 Å². The first kappa shape index (κ1) is 26.1. The molecule has 0 spiro atoms. The number of hydrogen-bond donors (Lipinski definition) is 4. The number of halogens is 3. The molecule has 10 heteroatoms. The van der Waals surface area contributed by atoms with Gasteiger partial charge in [-0.15, -0.1) is 0 Å². The second kappa shape index (κ2) is 10.5. The van der Waals surface area contributed by atoms with Crippen molar-refractivity contribution in [2.45, 2.75) is 38.1 Å². The molecule has 188 valence electrons. The van der Waals surface area contributed by atoms with Crippen LogP contribution in [0.3, 0.4) is 0 Å². The van der Waals surface area contributed by atoms with Gasteiger partial charge in [0, 0.05) is 5.02 Å². The average Bonchev–Trinajstić information content (AvgIpc) is 3.36. The number of amides is 3. The molecule has 0 heterocycles. The summed E-state index contributed by atoms with van der Waals surface area (Å²) in [6.45, 7) is 1.54. The van der Waals surface area contributed by atoms with Crippen LogP contribution in [0, 0.1) is 5.92 Å². The van der Waals surface area contributed by atoms with E-state index in [-0.39, 0.29) is 32.9 Å². The van der Waals surface area contributed by atoms with Crippen molar-refractivity contribution in [3.63, 3.8) is 0 Å². The van der Waals surface area contributed by atoms with E-state index in [1.165, 1.54) is 19.1 Å². The normalized spacial score (nSPS) is 15.3. The van der Waals surface area contributed by atoms with Crippen molar-refractivity contribution < 1.29 is 19.5 Å². The average molecular weight is 549 g/mol. The molecule has 3 aromatic carbocycles. The van der Waals surface area contributed by atoms with Gasteiger partial charge in [0.1, 0.15) is 5.54 Å². The highest BCUT2D eigenvalue weighted by molar-refractivity contribution is 6.42. The molecule has 1 aliphatic rings. The van der Waals surface area contributed by atoms with E-state index in [1.807, 2.05) is 24.3 Å². The first-order valence-electron chi connectivity index (χ1n) is 11.4. The molecule has 4 rings (SSSR count). The summed E-state index contributed by atoms with van der Waals surface area (Å²) in [6, 6.07) is 12.8. The second-order valence-corrected chi connectivity index (χ2v) is 10.3. The summed E-state index contributed by atoms with van der Waals surface area (Å²) in [5.74, 6) is -1.88. The third-order valence-corrected chi connectivity index (χ3v) is 7.43. The van der Waals surface area contributed by atoms with Gasteiger partial charge < -0.3 is 21.1 Å². The monoisotopic (exact) mass is 547 g/mol. The van der Waals surface area contributed by atoms with Gasteiger partial charge in [0.05, 0.1) is 27.0 Å². The van der Waals surface area contributed by atoms with E-state index in [0.717, 1.165) is 36.5 Å². The minimum Gasteiger partial charge on any atom is -0.480 e. The molecule has 1 atom stereocenters. The maximum absolute atomic E-state index is 13.5. The fourth-order valence-corrected chi connectivity index (χ4v) is 5.51. The van der Waals surface area contributed by atoms with Crippen molar-refractivity contribution in [3.05, 3.63) is 69.2 Å². The summed E-state index contributed by atoms with van der Waals surface area (Å²) in [6.07, 6.45) is 3.28. The number of carbonyl (C=O) groups is 3. The smallest absolute Gasteiger partial charge is 0.329 e. The van der Waals surface area contributed by atoms with Gasteiger partial charge in [0.2, 0.25) is 0 Å². The molecular formula is C26H24Cl3N3O4. The van der Waals surface area contributed by atoms with E-state index >= 15 is 0 Å². The van der Waals surface area contributed by atoms with Gasteiger partial charge in [-0.2, -0.15) is 0 Å². The summed E-state index contributed by atoms with van der Waals surface area (Å²) in [4.78, 5) is 38.6. The summed E-state index contributed by atoms with van der Waals surface area (Å²) >= 11 is 18.3. The highest BCUT2D eigenvalue weighted by atomic mass is 35.5. The number of rotatable bonds is 6.